The monoisotopic (exact) mass is 332 g/mol. The fourth-order valence-electron chi connectivity index (χ4n) is 2.09. The van der Waals surface area contributed by atoms with Crippen molar-refractivity contribution in [1.29, 1.82) is 0 Å². The largest absolute Gasteiger partial charge is 0.493 e. The molecule has 2 aromatic carbocycles. The van der Waals surface area contributed by atoms with E-state index in [1.165, 1.54) is 0 Å². The number of rotatable bonds is 4. The second-order valence-electron chi connectivity index (χ2n) is 4.72. The number of carbonyl (C=O) groups is 1. The Morgan fingerprint density at radius 2 is 1.85 bits per heavy atom. The highest BCUT2D eigenvalue weighted by Gasteiger charge is 2.17. The van der Waals surface area contributed by atoms with Gasteiger partial charge in [-0.15, -0.1) is 0 Å². The average molecular weight is 333 g/mol. The molecule has 0 bridgehead atoms. The number of ketones is 1. The molecule has 0 unspecified atom stereocenters. The van der Waals surface area contributed by atoms with E-state index in [9.17, 15) is 4.79 Å². The van der Waals surface area contributed by atoms with Crippen LogP contribution < -0.4 is 4.74 Å². The molecule has 0 aromatic heterocycles. The van der Waals surface area contributed by atoms with Gasteiger partial charge in [0.1, 0.15) is 5.75 Å². The minimum Gasteiger partial charge on any atom is -0.493 e. The quantitative estimate of drug-likeness (QED) is 0.759. The molecular formula is C17H17BrO2. The number of ether oxygens (including phenoxy) is 1. The van der Waals surface area contributed by atoms with E-state index in [1.54, 1.807) is 0 Å². The van der Waals surface area contributed by atoms with E-state index >= 15 is 0 Å². The Balaban J connectivity index is 2.52. The molecule has 0 aliphatic heterocycles. The Morgan fingerprint density at radius 3 is 2.55 bits per heavy atom. The standard InChI is InChI=1S/C17H17BrO2/c1-4-20-16-8-5-11(2)9-15(16)17(19)14-10-13(18)7-6-12(14)3/h5-10H,4H2,1-3H3. The molecule has 0 atom stereocenters. The summed E-state index contributed by atoms with van der Waals surface area (Å²) in [5.41, 5.74) is 3.32. The fourth-order valence-corrected chi connectivity index (χ4v) is 2.45. The van der Waals surface area contributed by atoms with Crippen LogP contribution >= 0.6 is 15.9 Å². The van der Waals surface area contributed by atoms with Crippen molar-refractivity contribution in [2.45, 2.75) is 20.8 Å². The lowest BCUT2D eigenvalue weighted by Gasteiger charge is -2.12. The summed E-state index contributed by atoms with van der Waals surface area (Å²) in [6, 6.07) is 11.4. The first-order chi connectivity index (χ1) is 9.52. The summed E-state index contributed by atoms with van der Waals surface area (Å²) in [5.74, 6) is 0.637. The molecule has 0 aliphatic carbocycles. The molecule has 0 spiro atoms. The van der Waals surface area contributed by atoms with Gasteiger partial charge in [-0.25, -0.2) is 0 Å². The molecule has 2 nitrogen and oxygen atoms in total. The molecule has 0 radical (unpaired) electrons. The van der Waals surface area contributed by atoms with Crippen molar-refractivity contribution in [3.05, 3.63) is 63.1 Å². The second kappa shape index (κ2) is 6.23. The van der Waals surface area contributed by atoms with Crippen LogP contribution in [0, 0.1) is 13.8 Å². The van der Waals surface area contributed by atoms with Crippen molar-refractivity contribution in [3.8, 4) is 5.75 Å². The maximum absolute atomic E-state index is 12.8. The van der Waals surface area contributed by atoms with E-state index in [0.29, 0.717) is 23.5 Å². The van der Waals surface area contributed by atoms with Crippen molar-refractivity contribution in [3.63, 3.8) is 0 Å². The van der Waals surface area contributed by atoms with Gasteiger partial charge in [0.2, 0.25) is 0 Å². The predicted molar refractivity (Wildman–Crippen MR) is 84.7 cm³/mol. The molecule has 0 N–H and O–H groups in total. The van der Waals surface area contributed by atoms with Crippen molar-refractivity contribution in [1.82, 2.24) is 0 Å². The third-order valence-corrected chi connectivity index (χ3v) is 3.62. The number of hydrogen-bond donors (Lipinski definition) is 0. The fraction of sp³-hybridized carbons (Fsp3) is 0.235. The highest BCUT2D eigenvalue weighted by Crippen LogP contribution is 2.26. The highest BCUT2D eigenvalue weighted by molar-refractivity contribution is 9.10. The summed E-state index contributed by atoms with van der Waals surface area (Å²) in [5, 5.41) is 0. The Bertz CT molecular complexity index is 647. The summed E-state index contributed by atoms with van der Waals surface area (Å²) < 4.78 is 6.47. The molecule has 3 heteroatoms. The van der Waals surface area contributed by atoms with Crippen LogP contribution in [0.3, 0.4) is 0 Å². The Morgan fingerprint density at radius 1 is 1.10 bits per heavy atom. The zero-order valence-electron chi connectivity index (χ0n) is 11.9. The summed E-state index contributed by atoms with van der Waals surface area (Å²) in [7, 11) is 0. The van der Waals surface area contributed by atoms with Gasteiger partial charge in [0.15, 0.2) is 5.78 Å². The van der Waals surface area contributed by atoms with Crippen molar-refractivity contribution in [2.75, 3.05) is 6.61 Å². The Labute approximate surface area is 127 Å². The lowest BCUT2D eigenvalue weighted by atomic mass is 9.97. The molecule has 0 saturated heterocycles. The van der Waals surface area contributed by atoms with Gasteiger partial charge in [-0.1, -0.05) is 33.6 Å². The topological polar surface area (TPSA) is 26.3 Å². The maximum atomic E-state index is 12.8. The molecule has 2 aromatic rings. The van der Waals surface area contributed by atoms with Crippen LogP contribution in [0.25, 0.3) is 0 Å². The number of hydrogen-bond acceptors (Lipinski definition) is 2. The van der Waals surface area contributed by atoms with Gasteiger partial charge in [0.25, 0.3) is 0 Å². The van der Waals surface area contributed by atoms with Crippen LogP contribution in [0.15, 0.2) is 40.9 Å². The van der Waals surface area contributed by atoms with Gasteiger partial charge in [0, 0.05) is 10.0 Å². The van der Waals surface area contributed by atoms with Crippen LogP contribution in [0.1, 0.15) is 34.0 Å². The number of halogens is 1. The zero-order valence-corrected chi connectivity index (χ0v) is 13.5. The van der Waals surface area contributed by atoms with Gasteiger partial charge in [0.05, 0.1) is 12.2 Å². The SMILES string of the molecule is CCOc1ccc(C)cc1C(=O)c1cc(Br)ccc1C. The second-order valence-corrected chi connectivity index (χ2v) is 5.64. The van der Waals surface area contributed by atoms with E-state index in [4.69, 9.17) is 4.74 Å². The number of aryl methyl sites for hydroxylation is 2. The van der Waals surface area contributed by atoms with E-state index in [-0.39, 0.29) is 5.78 Å². The Hall–Kier alpha value is -1.61. The third-order valence-electron chi connectivity index (χ3n) is 3.12. The van der Waals surface area contributed by atoms with Gasteiger partial charge in [-0.3, -0.25) is 4.79 Å². The first kappa shape index (κ1) is 14.8. The van der Waals surface area contributed by atoms with Crippen LogP contribution in [0.2, 0.25) is 0 Å². The smallest absolute Gasteiger partial charge is 0.197 e. The maximum Gasteiger partial charge on any atom is 0.197 e. The summed E-state index contributed by atoms with van der Waals surface area (Å²) in [6.07, 6.45) is 0. The number of benzene rings is 2. The first-order valence-corrected chi connectivity index (χ1v) is 7.36. The van der Waals surface area contributed by atoms with Crippen molar-refractivity contribution >= 4 is 21.7 Å². The van der Waals surface area contributed by atoms with Crippen LogP contribution in [0.5, 0.6) is 5.75 Å². The number of carbonyl (C=O) groups excluding carboxylic acids is 1. The summed E-state index contributed by atoms with van der Waals surface area (Å²) >= 11 is 3.42. The van der Waals surface area contributed by atoms with E-state index in [0.717, 1.165) is 15.6 Å². The molecule has 0 aliphatic rings. The molecule has 104 valence electrons. The van der Waals surface area contributed by atoms with Gasteiger partial charge in [-0.2, -0.15) is 0 Å². The van der Waals surface area contributed by atoms with E-state index < -0.39 is 0 Å². The normalized spacial score (nSPS) is 10.4. The molecular weight excluding hydrogens is 316 g/mol. The molecule has 2 rings (SSSR count). The molecule has 0 heterocycles. The predicted octanol–water partition coefficient (Wildman–Crippen LogP) is 4.70. The molecule has 0 saturated carbocycles. The first-order valence-electron chi connectivity index (χ1n) is 6.57. The molecule has 0 amide bonds. The lowest BCUT2D eigenvalue weighted by Crippen LogP contribution is -2.07. The van der Waals surface area contributed by atoms with Crippen LogP contribution in [0.4, 0.5) is 0 Å². The van der Waals surface area contributed by atoms with Gasteiger partial charge < -0.3 is 4.74 Å². The zero-order chi connectivity index (χ0) is 14.7. The van der Waals surface area contributed by atoms with Crippen LogP contribution in [-0.4, -0.2) is 12.4 Å². The summed E-state index contributed by atoms with van der Waals surface area (Å²) in [4.78, 5) is 12.8. The van der Waals surface area contributed by atoms with Crippen molar-refractivity contribution < 1.29 is 9.53 Å². The average Bonchev–Trinajstić information content (AvgIpc) is 2.43. The van der Waals surface area contributed by atoms with E-state index in [2.05, 4.69) is 15.9 Å². The Kier molecular flexibility index (Phi) is 4.61. The minimum absolute atomic E-state index is 0.00375. The summed E-state index contributed by atoms with van der Waals surface area (Å²) in [6.45, 7) is 6.37. The lowest BCUT2D eigenvalue weighted by molar-refractivity contribution is 0.103. The van der Waals surface area contributed by atoms with Gasteiger partial charge in [-0.05, 0) is 50.6 Å². The van der Waals surface area contributed by atoms with E-state index in [1.807, 2.05) is 57.2 Å². The van der Waals surface area contributed by atoms with Crippen LogP contribution in [-0.2, 0) is 0 Å². The third kappa shape index (κ3) is 3.10. The highest BCUT2D eigenvalue weighted by atomic mass is 79.9. The molecule has 20 heavy (non-hydrogen) atoms. The molecule has 0 fully saturated rings. The van der Waals surface area contributed by atoms with Gasteiger partial charge >= 0.3 is 0 Å². The minimum atomic E-state index is -0.00375. The van der Waals surface area contributed by atoms with Crippen molar-refractivity contribution in [2.24, 2.45) is 0 Å².